The summed E-state index contributed by atoms with van der Waals surface area (Å²) in [6.07, 6.45) is 0. The summed E-state index contributed by atoms with van der Waals surface area (Å²) in [6, 6.07) is 13.9. The maximum Gasteiger partial charge on any atom is 0.254 e. The number of benzene rings is 2. The zero-order chi connectivity index (χ0) is 12.3. The highest BCUT2D eigenvalue weighted by Gasteiger charge is 2.14. The zero-order valence-electron chi connectivity index (χ0n) is 10.3. The quantitative estimate of drug-likeness (QED) is 0.787. The number of hydrogen-bond donors (Lipinski definition) is 0. The van der Waals surface area contributed by atoms with E-state index in [2.05, 4.69) is 0 Å². The Hall–Kier alpha value is -1.83. The van der Waals surface area contributed by atoms with Crippen molar-refractivity contribution in [2.24, 2.45) is 0 Å². The summed E-state index contributed by atoms with van der Waals surface area (Å²) in [6.45, 7) is 5.51. The van der Waals surface area contributed by atoms with E-state index in [9.17, 15) is 4.79 Å². The molecule has 0 spiro atoms. The molecule has 0 saturated heterocycles. The van der Waals surface area contributed by atoms with Crippen molar-refractivity contribution in [2.75, 3.05) is 13.1 Å². The van der Waals surface area contributed by atoms with Crippen molar-refractivity contribution in [1.82, 2.24) is 4.90 Å². The molecule has 0 bridgehead atoms. The van der Waals surface area contributed by atoms with Crippen molar-refractivity contribution in [3.05, 3.63) is 48.0 Å². The van der Waals surface area contributed by atoms with Crippen molar-refractivity contribution < 1.29 is 4.79 Å². The molecule has 0 aromatic heterocycles. The normalized spacial score (nSPS) is 10.5. The Morgan fingerprint density at radius 2 is 1.65 bits per heavy atom. The molecule has 1 amide bonds. The molecule has 2 aromatic carbocycles. The highest BCUT2D eigenvalue weighted by Crippen LogP contribution is 2.19. The Morgan fingerprint density at radius 3 is 2.35 bits per heavy atom. The third-order valence-electron chi connectivity index (χ3n) is 3.07. The fourth-order valence-electron chi connectivity index (χ4n) is 2.09. The number of rotatable bonds is 3. The number of carbonyl (C=O) groups is 1. The van der Waals surface area contributed by atoms with Crippen molar-refractivity contribution in [1.29, 1.82) is 0 Å². The summed E-state index contributed by atoms with van der Waals surface area (Å²) in [4.78, 5) is 14.2. The Labute approximate surface area is 102 Å². The van der Waals surface area contributed by atoms with Crippen molar-refractivity contribution in [3.8, 4) is 0 Å². The highest BCUT2D eigenvalue weighted by molar-refractivity contribution is 6.06. The van der Waals surface area contributed by atoms with Gasteiger partial charge in [0, 0.05) is 18.7 Å². The SMILES string of the molecule is CCN(CC)C(=O)c1cccc2ccccc12. The number of hydrogen-bond acceptors (Lipinski definition) is 1. The summed E-state index contributed by atoms with van der Waals surface area (Å²) in [5.74, 6) is 0.117. The molecule has 2 rings (SSSR count). The van der Waals surface area contributed by atoms with Crippen LogP contribution in [-0.4, -0.2) is 23.9 Å². The lowest BCUT2D eigenvalue weighted by molar-refractivity contribution is 0.0775. The summed E-state index contributed by atoms with van der Waals surface area (Å²) in [7, 11) is 0. The molecular weight excluding hydrogens is 210 g/mol. The van der Waals surface area contributed by atoms with E-state index < -0.39 is 0 Å². The van der Waals surface area contributed by atoms with Crippen molar-refractivity contribution >= 4 is 16.7 Å². The first-order chi connectivity index (χ1) is 8.27. The van der Waals surface area contributed by atoms with Crippen molar-refractivity contribution in [2.45, 2.75) is 13.8 Å². The van der Waals surface area contributed by atoms with Gasteiger partial charge in [-0.25, -0.2) is 0 Å². The molecule has 2 heteroatoms. The molecule has 17 heavy (non-hydrogen) atoms. The maximum absolute atomic E-state index is 12.3. The summed E-state index contributed by atoms with van der Waals surface area (Å²) in [5.41, 5.74) is 0.798. The van der Waals surface area contributed by atoms with E-state index in [1.807, 2.05) is 61.2 Å². The lowest BCUT2D eigenvalue weighted by Crippen LogP contribution is -2.30. The molecule has 0 N–H and O–H groups in total. The molecule has 2 aromatic rings. The zero-order valence-corrected chi connectivity index (χ0v) is 10.3. The lowest BCUT2D eigenvalue weighted by Gasteiger charge is -2.19. The fraction of sp³-hybridized carbons (Fsp3) is 0.267. The second-order valence-corrected chi connectivity index (χ2v) is 4.00. The van der Waals surface area contributed by atoms with Crippen LogP contribution < -0.4 is 0 Å². The van der Waals surface area contributed by atoms with Crippen LogP contribution in [-0.2, 0) is 0 Å². The Morgan fingerprint density at radius 1 is 1.00 bits per heavy atom. The second-order valence-electron chi connectivity index (χ2n) is 4.00. The van der Waals surface area contributed by atoms with Gasteiger partial charge in [0.2, 0.25) is 0 Å². The average Bonchev–Trinajstić information content (AvgIpc) is 2.39. The van der Waals surface area contributed by atoms with Gasteiger partial charge >= 0.3 is 0 Å². The molecule has 0 aliphatic rings. The smallest absolute Gasteiger partial charge is 0.254 e. The largest absolute Gasteiger partial charge is 0.339 e. The summed E-state index contributed by atoms with van der Waals surface area (Å²) >= 11 is 0. The Kier molecular flexibility index (Phi) is 3.43. The van der Waals surface area contributed by atoms with E-state index in [1.165, 1.54) is 0 Å². The molecule has 0 heterocycles. The Balaban J connectivity index is 2.52. The van der Waals surface area contributed by atoms with Gasteiger partial charge < -0.3 is 4.90 Å². The van der Waals surface area contributed by atoms with Crippen LogP contribution in [0.4, 0.5) is 0 Å². The standard InChI is InChI=1S/C15H17NO/c1-3-16(4-2)15(17)14-11-7-9-12-8-5-6-10-13(12)14/h5-11H,3-4H2,1-2H3. The number of amides is 1. The number of carbonyl (C=O) groups excluding carboxylic acids is 1. The molecule has 0 aliphatic carbocycles. The Bertz CT molecular complexity index is 524. The van der Waals surface area contributed by atoms with Gasteiger partial charge in [0.15, 0.2) is 0 Å². The van der Waals surface area contributed by atoms with Crippen LogP contribution in [0.15, 0.2) is 42.5 Å². The molecule has 0 fully saturated rings. The highest BCUT2D eigenvalue weighted by atomic mass is 16.2. The van der Waals surface area contributed by atoms with Gasteiger partial charge in [0.25, 0.3) is 5.91 Å². The van der Waals surface area contributed by atoms with Crippen LogP contribution in [0.25, 0.3) is 10.8 Å². The molecule has 0 atom stereocenters. The molecule has 0 saturated carbocycles. The fourth-order valence-corrected chi connectivity index (χ4v) is 2.09. The molecule has 2 nitrogen and oxygen atoms in total. The molecule has 88 valence electrons. The van der Waals surface area contributed by atoms with Gasteiger partial charge in [0.05, 0.1) is 0 Å². The first-order valence-corrected chi connectivity index (χ1v) is 6.05. The predicted molar refractivity (Wildman–Crippen MR) is 71.2 cm³/mol. The van der Waals surface area contributed by atoms with Crippen LogP contribution in [0, 0.1) is 0 Å². The summed E-state index contributed by atoms with van der Waals surface area (Å²) < 4.78 is 0. The van der Waals surface area contributed by atoms with Crippen LogP contribution in [0.1, 0.15) is 24.2 Å². The predicted octanol–water partition coefficient (Wildman–Crippen LogP) is 3.32. The molecule has 0 unspecified atom stereocenters. The minimum atomic E-state index is 0.117. The molecular formula is C15H17NO. The first kappa shape index (κ1) is 11.6. The van der Waals surface area contributed by atoms with Crippen LogP contribution in [0.2, 0.25) is 0 Å². The van der Waals surface area contributed by atoms with E-state index >= 15 is 0 Å². The van der Waals surface area contributed by atoms with Gasteiger partial charge in [-0.15, -0.1) is 0 Å². The van der Waals surface area contributed by atoms with Crippen LogP contribution >= 0.6 is 0 Å². The monoisotopic (exact) mass is 227 g/mol. The van der Waals surface area contributed by atoms with Crippen LogP contribution in [0.3, 0.4) is 0 Å². The minimum absolute atomic E-state index is 0.117. The lowest BCUT2D eigenvalue weighted by atomic mass is 10.0. The van der Waals surface area contributed by atoms with E-state index in [-0.39, 0.29) is 5.91 Å². The van der Waals surface area contributed by atoms with E-state index in [0.29, 0.717) is 0 Å². The average molecular weight is 227 g/mol. The van der Waals surface area contributed by atoms with Crippen molar-refractivity contribution in [3.63, 3.8) is 0 Å². The van der Waals surface area contributed by atoms with E-state index in [4.69, 9.17) is 0 Å². The van der Waals surface area contributed by atoms with Gasteiger partial charge in [-0.2, -0.15) is 0 Å². The number of fused-ring (bicyclic) bond motifs is 1. The summed E-state index contributed by atoms with van der Waals surface area (Å²) in [5, 5.41) is 2.15. The van der Waals surface area contributed by atoms with E-state index in [1.54, 1.807) is 0 Å². The van der Waals surface area contributed by atoms with Crippen LogP contribution in [0.5, 0.6) is 0 Å². The maximum atomic E-state index is 12.3. The van der Waals surface area contributed by atoms with Gasteiger partial charge in [-0.1, -0.05) is 36.4 Å². The third-order valence-corrected chi connectivity index (χ3v) is 3.07. The van der Waals surface area contributed by atoms with Gasteiger partial charge in [0.1, 0.15) is 0 Å². The minimum Gasteiger partial charge on any atom is -0.339 e. The first-order valence-electron chi connectivity index (χ1n) is 6.05. The van der Waals surface area contributed by atoms with E-state index in [0.717, 1.165) is 29.4 Å². The van der Waals surface area contributed by atoms with Gasteiger partial charge in [-0.3, -0.25) is 4.79 Å². The molecule has 0 radical (unpaired) electrons. The molecule has 0 aliphatic heterocycles. The third kappa shape index (κ3) is 2.16. The number of nitrogens with zero attached hydrogens (tertiary/aromatic N) is 1. The topological polar surface area (TPSA) is 20.3 Å². The second kappa shape index (κ2) is 5.00. The van der Waals surface area contributed by atoms with Gasteiger partial charge in [-0.05, 0) is 30.7 Å².